The van der Waals surface area contributed by atoms with Gasteiger partial charge in [-0.15, -0.1) is 0 Å². The molecule has 0 bridgehead atoms. The molecule has 0 aliphatic heterocycles. The highest BCUT2D eigenvalue weighted by Gasteiger charge is 2.34. The summed E-state index contributed by atoms with van der Waals surface area (Å²) < 4.78 is 3.86. The minimum Gasteiger partial charge on any atom is -0.396 e. The minimum absolute atomic E-state index is 0.141. The molecule has 8 nitrogen and oxygen atoms in total. The number of aromatic nitrogens is 6. The monoisotopic (exact) mass is 299 g/mol. The second-order valence-corrected chi connectivity index (χ2v) is 5.75. The smallest absolute Gasteiger partial charge is 0.165 e. The highest BCUT2D eigenvalue weighted by molar-refractivity contribution is 5.81. The van der Waals surface area contributed by atoms with Crippen molar-refractivity contribution >= 4 is 17.0 Å². The summed E-state index contributed by atoms with van der Waals surface area (Å²) in [7, 11) is 1.92. The molecular weight excluding hydrogens is 282 g/mol. The lowest BCUT2D eigenvalue weighted by Crippen LogP contribution is -2.09. The molecule has 3 N–H and O–H groups in total. The number of aryl methyl sites for hydroxylation is 1. The third-order valence-corrected chi connectivity index (χ3v) is 4.48. The number of rotatable bonds is 3. The lowest BCUT2D eigenvalue weighted by molar-refractivity contribution is 0.255. The van der Waals surface area contributed by atoms with Crippen molar-refractivity contribution in [2.45, 2.75) is 24.8 Å². The van der Waals surface area contributed by atoms with Crippen LogP contribution in [0.25, 0.3) is 11.2 Å². The Kier molecular flexibility index (Phi) is 2.86. The van der Waals surface area contributed by atoms with Crippen LogP contribution >= 0.6 is 0 Å². The van der Waals surface area contributed by atoms with Crippen LogP contribution in [-0.2, 0) is 13.6 Å². The first-order valence-electron chi connectivity index (χ1n) is 7.23. The summed E-state index contributed by atoms with van der Waals surface area (Å²) in [6.45, 7) is 0.880. The van der Waals surface area contributed by atoms with Crippen LogP contribution in [0.1, 0.15) is 29.5 Å². The highest BCUT2D eigenvalue weighted by Crippen LogP contribution is 2.42. The Balaban J connectivity index is 1.70. The van der Waals surface area contributed by atoms with Gasteiger partial charge in [-0.2, -0.15) is 5.10 Å². The fraction of sp³-hybridized carbons (Fsp3) is 0.429. The first-order valence-corrected chi connectivity index (χ1v) is 7.23. The summed E-state index contributed by atoms with van der Waals surface area (Å²) in [5.74, 6) is 0.821. The largest absolute Gasteiger partial charge is 0.396 e. The van der Waals surface area contributed by atoms with Crippen LogP contribution in [0.15, 0.2) is 18.9 Å². The van der Waals surface area contributed by atoms with Crippen molar-refractivity contribution in [3.05, 3.63) is 30.1 Å². The second kappa shape index (κ2) is 4.77. The summed E-state index contributed by atoms with van der Waals surface area (Å²) in [4.78, 5) is 12.5. The average molecular weight is 299 g/mol. The van der Waals surface area contributed by atoms with Crippen LogP contribution in [0.5, 0.6) is 0 Å². The van der Waals surface area contributed by atoms with Crippen molar-refractivity contribution in [1.82, 2.24) is 29.3 Å². The minimum atomic E-state index is 0.141. The zero-order chi connectivity index (χ0) is 15.3. The third-order valence-electron chi connectivity index (χ3n) is 4.48. The van der Waals surface area contributed by atoms with Crippen LogP contribution in [-0.4, -0.2) is 41.0 Å². The quantitative estimate of drug-likeness (QED) is 0.725. The zero-order valence-electron chi connectivity index (χ0n) is 12.2. The molecule has 0 fully saturated rings. The fourth-order valence-electron chi connectivity index (χ4n) is 3.46. The van der Waals surface area contributed by atoms with Crippen molar-refractivity contribution in [2.75, 3.05) is 12.3 Å². The summed E-state index contributed by atoms with van der Waals surface area (Å²) in [6, 6.07) is 0. The number of aliphatic hydroxyl groups is 1. The average Bonchev–Trinajstić information content (AvgIpc) is 3.18. The Hall–Kier alpha value is -2.48. The first kappa shape index (κ1) is 13.2. The van der Waals surface area contributed by atoms with E-state index in [0.29, 0.717) is 11.3 Å². The van der Waals surface area contributed by atoms with Gasteiger partial charge in [0.1, 0.15) is 11.8 Å². The van der Waals surface area contributed by atoms with Crippen LogP contribution in [0.3, 0.4) is 0 Å². The number of hydrogen-bond donors (Lipinski definition) is 2. The van der Waals surface area contributed by atoms with E-state index in [-0.39, 0.29) is 18.4 Å². The van der Waals surface area contributed by atoms with Gasteiger partial charge in [-0.3, -0.25) is 4.68 Å². The van der Waals surface area contributed by atoms with Crippen molar-refractivity contribution < 1.29 is 5.11 Å². The van der Waals surface area contributed by atoms with Crippen LogP contribution in [0, 0.1) is 0 Å². The molecule has 0 radical (unpaired) electrons. The lowest BCUT2D eigenvalue weighted by Gasteiger charge is -2.12. The molecule has 114 valence electrons. The topological polar surface area (TPSA) is 108 Å². The van der Waals surface area contributed by atoms with Gasteiger partial charge in [0, 0.05) is 31.1 Å². The van der Waals surface area contributed by atoms with Crippen LogP contribution < -0.4 is 5.73 Å². The van der Waals surface area contributed by atoms with Gasteiger partial charge in [-0.1, -0.05) is 0 Å². The Morgan fingerprint density at radius 2 is 2.18 bits per heavy atom. The molecular formula is C14H17N7O. The second-order valence-electron chi connectivity index (χ2n) is 5.75. The zero-order valence-corrected chi connectivity index (χ0v) is 12.2. The molecule has 3 heterocycles. The number of fused-ring (bicyclic) bond motifs is 2. The number of nitrogens with zero attached hydrogens (tertiary/aromatic N) is 6. The standard InChI is InChI=1S/C14H17N7O/c1-20-12-9(5-22)2-8(10(12)3-19-20)4-21-7-18-11-13(15)16-6-17-14(11)21/h3,6-9,22H,2,4-5H2,1H3,(H2,15,16,17)/t8-,9+/m0/s1. The van der Waals surface area contributed by atoms with E-state index in [9.17, 15) is 5.11 Å². The number of imidazole rings is 1. The molecule has 0 amide bonds. The Labute approximate surface area is 126 Å². The van der Waals surface area contributed by atoms with E-state index in [1.807, 2.05) is 22.5 Å². The van der Waals surface area contributed by atoms with Crippen LogP contribution in [0.4, 0.5) is 5.82 Å². The predicted molar refractivity (Wildman–Crippen MR) is 80.1 cm³/mol. The summed E-state index contributed by atoms with van der Waals surface area (Å²) in [5.41, 5.74) is 9.53. The third kappa shape index (κ3) is 1.80. The number of anilines is 1. The summed E-state index contributed by atoms with van der Waals surface area (Å²) >= 11 is 0. The SMILES string of the molecule is Cn1ncc2c1[C@@H](CO)C[C@H]2Cn1cnc2c(N)ncnc21. The van der Waals surface area contributed by atoms with Gasteiger partial charge in [0.05, 0.1) is 19.1 Å². The van der Waals surface area contributed by atoms with E-state index in [2.05, 4.69) is 20.1 Å². The van der Waals surface area contributed by atoms with E-state index in [1.165, 1.54) is 11.9 Å². The van der Waals surface area contributed by atoms with Gasteiger partial charge in [0.25, 0.3) is 0 Å². The van der Waals surface area contributed by atoms with E-state index in [1.54, 1.807) is 6.33 Å². The lowest BCUT2D eigenvalue weighted by atomic mass is 10.0. The van der Waals surface area contributed by atoms with E-state index >= 15 is 0 Å². The van der Waals surface area contributed by atoms with E-state index in [4.69, 9.17) is 5.73 Å². The molecule has 1 aliphatic rings. The Bertz CT molecular complexity index is 837. The van der Waals surface area contributed by atoms with Crippen LogP contribution in [0.2, 0.25) is 0 Å². The van der Waals surface area contributed by atoms with Crippen molar-refractivity contribution in [1.29, 1.82) is 0 Å². The maximum atomic E-state index is 9.61. The van der Waals surface area contributed by atoms with Crippen molar-refractivity contribution in [2.24, 2.45) is 7.05 Å². The van der Waals surface area contributed by atoms with Gasteiger partial charge in [-0.05, 0) is 12.0 Å². The summed E-state index contributed by atoms with van der Waals surface area (Å²) in [5, 5.41) is 13.9. The van der Waals surface area contributed by atoms with E-state index in [0.717, 1.165) is 24.3 Å². The molecule has 0 aromatic carbocycles. The Morgan fingerprint density at radius 3 is 3.00 bits per heavy atom. The number of aliphatic hydroxyl groups excluding tert-OH is 1. The Morgan fingerprint density at radius 1 is 1.32 bits per heavy atom. The van der Waals surface area contributed by atoms with Crippen molar-refractivity contribution in [3.63, 3.8) is 0 Å². The molecule has 1 aliphatic carbocycles. The fourth-order valence-corrected chi connectivity index (χ4v) is 3.46. The maximum Gasteiger partial charge on any atom is 0.165 e. The molecule has 0 saturated carbocycles. The number of nitrogens with two attached hydrogens (primary N) is 1. The van der Waals surface area contributed by atoms with Gasteiger partial charge in [-0.25, -0.2) is 15.0 Å². The normalized spacial score (nSPS) is 20.6. The highest BCUT2D eigenvalue weighted by atomic mass is 16.3. The molecule has 22 heavy (non-hydrogen) atoms. The van der Waals surface area contributed by atoms with Gasteiger partial charge in [0.15, 0.2) is 11.5 Å². The first-order chi connectivity index (χ1) is 10.7. The molecule has 0 saturated heterocycles. The molecule has 3 aromatic rings. The van der Waals surface area contributed by atoms with E-state index < -0.39 is 0 Å². The van der Waals surface area contributed by atoms with Gasteiger partial charge >= 0.3 is 0 Å². The number of hydrogen-bond acceptors (Lipinski definition) is 6. The van der Waals surface area contributed by atoms with Crippen molar-refractivity contribution in [3.8, 4) is 0 Å². The predicted octanol–water partition coefficient (Wildman–Crippen LogP) is 0.405. The number of nitrogen functional groups attached to an aromatic ring is 1. The molecule has 2 atom stereocenters. The summed E-state index contributed by atoms with van der Waals surface area (Å²) in [6.07, 6.45) is 6.00. The van der Waals surface area contributed by atoms with Gasteiger partial charge < -0.3 is 15.4 Å². The molecule has 8 heteroatoms. The molecule has 0 spiro atoms. The molecule has 0 unspecified atom stereocenters. The van der Waals surface area contributed by atoms with Gasteiger partial charge in [0.2, 0.25) is 0 Å². The molecule has 3 aromatic heterocycles. The molecule has 4 rings (SSSR count). The maximum absolute atomic E-state index is 9.61.